The quantitative estimate of drug-likeness (QED) is 0.558. The fourth-order valence-electron chi connectivity index (χ4n) is 5.07. The van der Waals surface area contributed by atoms with Crippen LogP contribution >= 0.6 is 0 Å². The Balaban J connectivity index is 1.73. The molecule has 0 amide bonds. The molecule has 2 aliphatic rings. The largest absolute Gasteiger partial charge is 0.378 e. The maximum absolute atomic E-state index is 13.5. The van der Waals surface area contributed by atoms with Crippen LogP contribution < -0.4 is 10.2 Å². The fourth-order valence-corrected chi connectivity index (χ4v) is 5.07. The van der Waals surface area contributed by atoms with Crippen molar-refractivity contribution in [1.29, 1.82) is 0 Å². The lowest BCUT2D eigenvalue weighted by atomic mass is 9.68. The summed E-state index contributed by atoms with van der Waals surface area (Å²) >= 11 is 0. The molecule has 1 atom stereocenters. The second-order valence-corrected chi connectivity index (χ2v) is 9.61. The van der Waals surface area contributed by atoms with Gasteiger partial charge < -0.3 is 10.2 Å². The molecule has 1 aliphatic carbocycles. The Hall–Kier alpha value is -3.07. The molecule has 30 heavy (non-hydrogen) atoms. The molecule has 0 radical (unpaired) electrons. The summed E-state index contributed by atoms with van der Waals surface area (Å²) in [6.45, 7) is 4.42. The summed E-state index contributed by atoms with van der Waals surface area (Å²) in [5, 5.41) is 6.12. The van der Waals surface area contributed by atoms with Gasteiger partial charge in [-0.05, 0) is 51.9 Å². The number of nitrogens with one attached hydrogen (secondary N) is 1. The molecule has 3 aromatic rings. The lowest BCUT2D eigenvalue weighted by Gasteiger charge is -2.40. The van der Waals surface area contributed by atoms with Crippen LogP contribution in [0.4, 0.5) is 11.4 Å². The Kier molecular flexibility index (Phi) is 4.25. The van der Waals surface area contributed by atoms with E-state index >= 15 is 0 Å². The van der Waals surface area contributed by atoms with Crippen molar-refractivity contribution in [2.75, 3.05) is 24.3 Å². The average Bonchev–Trinajstić information content (AvgIpc) is 2.72. The van der Waals surface area contributed by atoms with Gasteiger partial charge in [-0.1, -0.05) is 56.3 Å². The van der Waals surface area contributed by atoms with Gasteiger partial charge in [-0.15, -0.1) is 0 Å². The molecule has 0 saturated carbocycles. The summed E-state index contributed by atoms with van der Waals surface area (Å²) in [5.74, 6) is 0.273. The van der Waals surface area contributed by atoms with E-state index in [4.69, 9.17) is 0 Å². The minimum Gasteiger partial charge on any atom is -0.378 e. The Morgan fingerprint density at radius 3 is 2.40 bits per heavy atom. The molecular weight excluding hydrogens is 368 g/mol. The smallest absolute Gasteiger partial charge is 0.164 e. The van der Waals surface area contributed by atoms with Crippen LogP contribution in [-0.2, 0) is 4.79 Å². The number of nitrogens with zero attached hydrogens (tertiary/aromatic N) is 1. The topological polar surface area (TPSA) is 32.3 Å². The molecule has 0 unspecified atom stereocenters. The number of rotatable bonds is 2. The molecule has 3 nitrogen and oxygen atoms in total. The zero-order chi connectivity index (χ0) is 21.0. The molecule has 0 fully saturated rings. The molecule has 0 spiro atoms. The first kappa shape index (κ1) is 18.9. The Morgan fingerprint density at radius 2 is 1.67 bits per heavy atom. The molecule has 1 heterocycles. The highest BCUT2D eigenvalue weighted by Gasteiger charge is 2.40. The lowest BCUT2D eigenvalue weighted by Crippen LogP contribution is -2.32. The van der Waals surface area contributed by atoms with E-state index in [1.54, 1.807) is 0 Å². The van der Waals surface area contributed by atoms with Crippen molar-refractivity contribution in [3.8, 4) is 0 Å². The van der Waals surface area contributed by atoms with Crippen LogP contribution in [0.1, 0.15) is 43.9 Å². The first-order chi connectivity index (χ1) is 14.3. The first-order valence-corrected chi connectivity index (χ1v) is 10.7. The number of allylic oxidation sites excluding steroid dienone is 1. The van der Waals surface area contributed by atoms with Crippen molar-refractivity contribution < 1.29 is 4.79 Å². The molecule has 3 heteroatoms. The van der Waals surface area contributed by atoms with Gasteiger partial charge in [-0.3, -0.25) is 4.79 Å². The van der Waals surface area contributed by atoms with Crippen LogP contribution in [0.5, 0.6) is 0 Å². The van der Waals surface area contributed by atoms with Crippen LogP contribution in [0.15, 0.2) is 66.2 Å². The van der Waals surface area contributed by atoms with Crippen molar-refractivity contribution in [2.45, 2.75) is 32.7 Å². The average molecular weight is 397 g/mol. The highest BCUT2D eigenvalue weighted by atomic mass is 16.1. The van der Waals surface area contributed by atoms with Gasteiger partial charge in [0.05, 0.1) is 6.04 Å². The number of benzene rings is 3. The number of carbonyl (C=O) groups is 1. The van der Waals surface area contributed by atoms with E-state index < -0.39 is 0 Å². The lowest BCUT2D eigenvalue weighted by molar-refractivity contribution is -0.116. The molecule has 0 bridgehead atoms. The van der Waals surface area contributed by atoms with Gasteiger partial charge in [0.25, 0.3) is 0 Å². The monoisotopic (exact) mass is 396 g/mol. The minimum atomic E-state index is -0.0263. The number of hydrogen-bond donors (Lipinski definition) is 1. The molecular formula is C27H28N2O. The van der Waals surface area contributed by atoms with Crippen LogP contribution in [0.3, 0.4) is 0 Å². The predicted octanol–water partition coefficient (Wildman–Crippen LogP) is 6.22. The number of hydrogen-bond acceptors (Lipinski definition) is 3. The normalized spacial score (nSPS) is 19.9. The Morgan fingerprint density at radius 1 is 0.933 bits per heavy atom. The molecule has 3 aromatic carbocycles. The number of carbonyl (C=O) groups excluding carboxylic acids is 1. The van der Waals surface area contributed by atoms with E-state index in [1.807, 2.05) is 0 Å². The second kappa shape index (κ2) is 6.73. The van der Waals surface area contributed by atoms with Gasteiger partial charge in [0, 0.05) is 43.0 Å². The van der Waals surface area contributed by atoms with Crippen molar-refractivity contribution in [3.63, 3.8) is 0 Å². The fraction of sp³-hybridized carbons (Fsp3) is 0.296. The predicted molar refractivity (Wildman–Crippen MR) is 126 cm³/mol. The van der Waals surface area contributed by atoms with Gasteiger partial charge in [0.1, 0.15) is 0 Å². The van der Waals surface area contributed by atoms with Crippen molar-refractivity contribution in [1.82, 2.24) is 0 Å². The van der Waals surface area contributed by atoms with Crippen molar-refractivity contribution in [2.24, 2.45) is 5.41 Å². The molecule has 0 aromatic heterocycles. The summed E-state index contributed by atoms with van der Waals surface area (Å²) in [5.41, 5.74) is 6.68. The van der Waals surface area contributed by atoms with Crippen molar-refractivity contribution >= 4 is 33.5 Å². The first-order valence-electron chi connectivity index (χ1n) is 10.7. The third-order valence-corrected chi connectivity index (χ3v) is 6.48. The van der Waals surface area contributed by atoms with Gasteiger partial charge in [0.2, 0.25) is 0 Å². The van der Waals surface area contributed by atoms with E-state index in [1.165, 1.54) is 22.2 Å². The van der Waals surface area contributed by atoms with Crippen LogP contribution in [0, 0.1) is 5.41 Å². The Labute approximate surface area is 178 Å². The van der Waals surface area contributed by atoms with Crippen LogP contribution in [-0.4, -0.2) is 19.9 Å². The Bertz CT molecular complexity index is 1190. The van der Waals surface area contributed by atoms with E-state index in [-0.39, 0.29) is 17.2 Å². The summed E-state index contributed by atoms with van der Waals surface area (Å²) in [4.78, 5) is 15.6. The summed E-state index contributed by atoms with van der Waals surface area (Å²) in [7, 11) is 4.11. The van der Waals surface area contributed by atoms with E-state index in [0.717, 1.165) is 28.6 Å². The number of fused-ring (bicyclic) bond motifs is 4. The highest BCUT2D eigenvalue weighted by molar-refractivity contribution is 6.28. The minimum absolute atomic E-state index is 0.0217. The standard InChI is InChI=1S/C27H28N2O/c1-27(2)15-21-25(23(30)16-27)24-20-8-6-5-7-17(20)11-14-22(24)28-26(21)18-9-12-19(13-10-18)29(3)4/h5-14,26,28H,15-16H2,1-4H3/t26-/m0/s1. The third-order valence-electron chi connectivity index (χ3n) is 6.48. The highest BCUT2D eigenvalue weighted by Crippen LogP contribution is 2.51. The zero-order valence-corrected chi connectivity index (χ0v) is 18.1. The van der Waals surface area contributed by atoms with Crippen molar-refractivity contribution in [3.05, 3.63) is 77.4 Å². The maximum atomic E-state index is 13.5. The van der Waals surface area contributed by atoms with Gasteiger partial charge in [-0.25, -0.2) is 0 Å². The van der Waals surface area contributed by atoms with E-state index in [2.05, 4.69) is 98.8 Å². The number of anilines is 2. The third kappa shape index (κ3) is 3.00. The number of ketones is 1. The molecule has 1 aliphatic heterocycles. The maximum Gasteiger partial charge on any atom is 0.164 e. The van der Waals surface area contributed by atoms with Crippen LogP contribution in [0.2, 0.25) is 0 Å². The summed E-state index contributed by atoms with van der Waals surface area (Å²) in [6.07, 6.45) is 1.52. The molecule has 0 saturated heterocycles. The van der Waals surface area contributed by atoms with Gasteiger partial charge in [0.15, 0.2) is 5.78 Å². The van der Waals surface area contributed by atoms with Gasteiger partial charge in [-0.2, -0.15) is 0 Å². The van der Waals surface area contributed by atoms with E-state index in [9.17, 15) is 4.79 Å². The molecule has 152 valence electrons. The summed E-state index contributed by atoms with van der Waals surface area (Å²) in [6, 6.07) is 21.4. The molecule has 1 N–H and O–H groups in total. The second-order valence-electron chi connectivity index (χ2n) is 9.61. The van der Waals surface area contributed by atoms with Crippen LogP contribution in [0.25, 0.3) is 16.3 Å². The van der Waals surface area contributed by atoms with E-state index in [0.29, 0.717) is 6.42 Å². The zero-order valence-electron chi connectivity index (χ0n) is 18.1. The number of Topliss-reactive ketones (excluding diaryl/α,β-unsaturated/α-hetero) is 1. The van der Waals surface area contributed by atoms with Gasteiger partial charge >= 0.3 is 0 Å². The summed E-state index contributed by atoms with van der Waals surface area (Å²) < 4.78 is 0. The molecule has 5 rings (SSSR count). The SMILES string of the molecule is CN(C)c1ccc([C@@H]2Nc3ccc4ccccc4c3C3=C2CC(C)(C)CC3=O)cc1.